The first-order valence-corrected chi connectivity index (χ1v) is 7.85. The number of hydrogen-bond acceptors (Lipinski definition) is 4. The zero-order valence-electron chi connectivity index (χ0n) is 14.2. The van der Waals surface area contributed by atoms with Crippen molar-refractivity contribution in [1.82, 2.24) is 14.9 Å². The number of imidazole rings is 1. The van der Waals surface area contributed by atoms with E-state index in [4.69, 9.17) is 10.5 Å². The Labute approximate surface area is 162 Å². The molecular formula is C16H22Cl2F2N4O2. The van der Waals surface area contributed by atoms with Crippen molar-refractivity contribution in [3.05, 3.63) is 30.1 Å². The van der Waals surface area contributed by atoms with Gasteiger partial charge in [0.25, 0.3) is 0 Å². The van der Waals surface area contributed by atoms with Gasteiger partial charge in [-0.1, -0.05) is 12.1 Å². The molecule has 10 heteroatoms. The van der Waals surface area contributed by atoms with Crippen molar-refractivity contribution >= 4 is 41.8 Å². The normalized spacial score (nSPS) is 17.3. The van der Waals surface area contributed by atoms with Crippen molar-refractivity contribution in [3.63, 3.8) is 0 Å². The average molecular weight is 411 g/mol. The summed E-state index contributed by atoms with van der Waals surface area (Å²) in [5.41, 5.74) is 5.89. The molecule has 1 atom stereocenters. The zero-order chi connectivity index (χ0) is 17.3. The van der Waals surface area contributed by atoms with Crippen LogP contribution in [0.2, 0.25) is 0 Å². The Balaban J connectivity index is 0.00000169. The number of amides is 1. The van der Waals surface area contributed by atoms with Gasteiger partial charge in [-0.2, -0.15) is 8.78 Å². The fourth-order valence-electron chi connectivity index (χ4n) is 2.94. The lowest BCUT2D eigenvalue weighted by Gasteiger charge is -2.32. The van der Waals surface area contributed by atoms with Gasteiger partial charge >= 0.3 is 6.55 Å². The third-order valence-corrected chi connectivity index (χ3v) is 4.39. The summed E-state index contributed by atoms with van der Waals surface area (Å²) in [5.74, 6) is -0.263. The molecule has 6 nitrogen and oxygen atoms in total. The topological polar surface area (TPSA) is 82.2 Å². The van der Waals surface area contributed by atoms with Gasteiger partial charge in [0.1, 0.15) is 5.82 Å². The molecule has 1 aromatic carbocycles. The van der Waals surface area contributed by atoms with E-state index >= 15 is 0 Å². The van der Waals surface area contributed by atoms with Gasteiger partial charge in [-0.25, -0.2) is 4.98 Å². The highest BCUT2D eigenvalue weighted by Gasteiger charge is 2.37. The second-order valence-electron chi connectivity index (χ2n) is 6.07. The highest BCUT2D eigenvalue weighted by atomic mass is 35.5. The van der Waals surface area contributed by atoms with E-state index in [-0.39, 0.29) is 36.5 Å². The number of para-hydroxylation sites is 2. The average Bonchev–Trinajstić information content (AvgIpc) is 2.95. The smallest absolute Gasteiger partial charge is 0.320 e. The van der Waals surface area contributed by atoms with Crippen LogP contribution in [0.15, 0.2) is 24.3 Å². The lowest BCUT2D eigenvalue weighted by atomic mass is 9.90. The molecule has 3 rings (SSSR count). The Hall–Kier alpha value is -1.48. The van der Waals surface area contributed by atoms with Crippen LogP contribution in [-0.4, -0.2) is 34.2 Å². The number of carbonyl (C=O) groups excluding carboxylic acids is 1. The SMILES string of the molecule is CC(NC(=O)C1(N)CCOCC1)c1nc2ccccc2n1C(F)F.Cl.Cl. The monoisotopic (exact) mass is 410 g/mol. The Morgan fingerprint density at radius 3 is 2.54 bits per heavy atom. The lowest BCUT2D eigenvalue weighted by molar-refractivity contribution is -0.130. The fourth-order valence-corrected chi connectivity index (χ4v) is 2.94. The van der Waals surface area contributed by atoms with E-state index in [0.29, 0.717) is 37.1 Å². The molecule has 1 saturated heterocycles. The quantitative estimate of drug-likeness (QED) is 0.811. The van der Waals surface area contributed by atoms with Crippen LogP contribution in [-0.2, 0) is 9.53 Å². The molecule has 1 fully saturated rings. The van der Waals surface area contributed by atoms with Gasteiger partial charge in [0.05, 0.1) is 22.6 Å². The maximum atomic E-state index is 13.5. The summed E-state index contributed by atoms with van der Waals surface area (Å²) in [4.78, 5) is 16.7. The molecule has 0 saturated carbocycles. The highest BCUT2D eigenvalue weighted by Crippen LogP contribution is 2.27. The Morgan fingerprint density at radius 2 is 1.92 bits per heavy atom. The third kappa shape index (κ3) is 4.25. The number of rotatable bonds is 4. The molecule has 146 valence electrons. The van der Waals surface area contributed by atoms with Gasteiger partial charge in [0.15, 0.2) is 0 Å². The van der Waals surface area contributed by atoms with Gasteiger partial charge in [0, 0.05) is 13.2 Å². The first kappa shape index (κ1) is 22.6. The molecular weight excluding hydrogens is 389 g/mol. The van der Waals surface area contributed by atoms with Crippen LogP contribution in [0, 0.1) is 0 Å². The molecule has 1 unspecified atom stereocenters. The number of halogens is 4. The van der Waals surface area contributed by atoms with E-state index in [2.05, 4.69) is 10.3 Å². The number of benzene rings is 1. The molecule has 2 heterocycles. The maximum absolute atomic E-state index is 13.5. The minimum atomic E-state index is -2.75. The second-order valence-corrected chi connectivity index (χ2v) is 6.07. The first-order valence-electron chi connectivity index (χ1n) is 7.85. The van der Waals surface area contributed by atoms with E-state index < -0.39 is 18.1 Å². The molecule has 1 aromatic heterocycles. The van der Waals surface area contributed by atoms with Crippen molar-refractivity contribution in [2.75, 3.05) is 13.2 Å². The van der Waals surface area contributed by atoms with Crippen molar-refractivity contribution in [2.45, 2.75) is 37.9 Å². The predicted octanol–water partition coefficient (Wildman–Crippen LogP) is 2.96. The van der Waals surface area contributed by atoms with E-state index in [9.17, 15) is 13.6 Å². The van der Waals surface area contributed by atoms with E-state index in [1.54, 1.807) is 31.2 Å². The number of nitrogens with two attached hydrogens (primary N) is 1. The largest absolute Gasteiger partial charge is 0.381 e. The van der Waals surface area contributed by atoms with Crippen LogP contribution in [0.1, 0.15) is 38.2 Å². The number of nitrogens with zero attached hydrogens (tertiary/aromatic N) is 2. The molecule has 3 N–H and O–H groups in total. The lowest BCUT2D eigenvalue weighted by Crippen LogP contribution is -2.57. The van der Waals surface area contributed by atoms with E-state index in [1.807, 2.05) is 0 Å². The number of nitrogens with one attached hydrogen (secondary N) is 1. The van der Waals surface area contributed by atoms with Crippen molar-refractivity contribution < 1.29 is 18.3 Å². The Bertz CT molecular complexity index is 751. The van der Waals surface area contributed by atoms with E-state index in [1.165, 1.54) is 0 Å². The summed E-state index contributed by atoms with van der Waals surface area (Å²) >= 11 is 0. The minimum Gasteiger partial charge on any atom is -0.381 e. The molecule has 1 aliphatic rings. The summed E-state index contributed by atoms with van der Waals surface area (Å²) in [6, 6.07) is 5.95. The summed E-state index contributed by atoms with van der Waals surface area (Å²) in [6.07, 6.45) is 0.799. The summed E-state index contributed by atoms with van der Waals surface area (Å²) in [7, 11) is 0. The molecule has 0 spiro atoms. The van der Waals surface area contributed by atoms with Gasteiger partial charge in [0.2, 0.25) is 5.91 Å². The van der Waals surface area contributed by atoms with Crippen LogP contribution >= 0.6 is 24.8 Å². The molecule has 2 aromatic rings. The molecule has 1 aliphatic heterocycles. The number of ether oxygens (including phenoxy) is 1. The number of aromatic nitrogens is 2. The van der Waals surface area contributed by atoms with E-state index in [0.717, 1.165) is 4.57 Å². The number of fused-ring (bicyclic) bond motifs is 1. The summed E-state index contributed by atoms with van der Waals surface area (Å²) < 4.78 is 33.0. The number of carbonyl (C=O) groups is 1. The number of alkyl halides is 2. The van der Waals surface area contributed by atoms with Crippen LogP contribution in [0.25, 0.3) is 11.0 Å². The standard InChI is InChI=1S/C16H20F2N4O2.2ClH/c1-10(20-14(23)16(19)6-8-24-9-7-16)13-21-11-4-2-3-5-12(11)22(13)15(17)18;;/h2-5,10,15H,6-9,19H2,1H3,(H,20,23);2*1H. The van der Waals surface area contributed by atoms with Crippen LogP contribution < -0.4 is 11.1 Å². The maximum Gasteiger partial charge on any atom is 0.320 e. The van der Waals surface area contributed by atoms with Crippen LogP contribution in [0.3, 0.4) is 0 Å². The third-order valence-electron chi connectivity index (χ3n) is 4.39. The van der Waals surface area contributed by atoms with Crippen molar-refractivity contribution in [2.24, 2.45) is 5.73 Å². The van der Waals surface area contributed by atoms with Gasteiger partial charge < -0.3 is 15.8 Å². The Kier molecular flexibility index (Phi) is 7.76. The zero-order valence-corrected chi connectivity index (χ0v) is 15.8. The van der Waals surface area contributed by atoms with Crippen LogP contribution in [0.4, 0.5) is 8.78 Å². The fraction of sp³-hybridized carbons (Fsp3) is 0.500. The molecule has 0 bridgehead atoms. The molecule has 26 heavy (non-hydrogen) atoms. The van der Waals surface area contributed by atoms with Gasteiger partial charge in [-0.05, 0) is 31.9 Å². The Morgan fingerprint density at radius 1 is 1.31 bits per heavy atom. The minimum absolute atomic E-state index is 0. The molecule has 0 aliphatic carbocycles. The van der Waals surface area contributed by atoms with Crippen molar-refractivity contribution in [1.29, 1.82) is 0 Å². The number of hydrogen-bond donors (Lipinski definition) is 2. The molecule has 1 amide bonds. The second kappa shape index (κ2) is 8.94. The van der Waals surface area contributed by atoms with Gasteiger partial charge in [-0.15, -0.1) is 24.8 Å². The summed E-state index contributed by atoms with van der Waals surface area (Å²) in [5, 5.41) is 2.73. The first-order chi connectivity index (χ1) is 11.4. The predicted molar refractivity (Wildman–Crippen MR) is 99.0 cm³/mol. The summed E-state index contributed by atoms with van der Waals surface area (Å²) in [6.45, 7) is -0.302. The van der Waals surface area contributed by atoms with Crippen LogP contribution in [0.5, 0.6) is 0 Å². The van der Waals surface area contributed by atoms with Crippen molar-refractivity contribution in [3.8, 4) is 0 Å². The molecule has 0 radical (unpaired) electrons. The van der Waals surface area contributed by atoms with Gasteiger partial charge in [-0.3, -0.25) is 9.36 Å². The highest BCUT2D eigenvalue weighted by molar-refractivity contribution is 5.86.